The van der Waals surface area contributed by atoms with Crippen LogP contribution in [0.3, 0.4) is 0 Å². The number of amides is 1. The van der Waals surface area contributed by atoms with Crippen LogP contribution in [-0.2, 0) is 11.2 Å². The van der Waals surface area contributed by atoms with Crippen molar-refractivity contribution in [1.29, 1.82) is 0 Å². The SMILES string of the molecule is CCCCN(C(=O)Cc1csc(-c2ccccn2)n1)C1CC(C)(C)NC(C)(C)C1. The van der Waals surface area contributed by atoms with Crippen LogP contribution < -0.4 is 5.32 Å². The number of unbranched alkanes of at least 4 members (excludes halogenated alkanes) is 1. The molecule has 1 saturated heterocycles. The number of rotatable bonds is 7. The summed E-state index contributed by atoms with van der Waals surface area (Å²) in [6.07, 6.45) is 6.20. The lowest BCUT2D eigenvalue weighted by atomic mass is 9.79. The molecule has 2 aromatic rings. The van der Waals surface area contributed by atoms with Gasteiger partial charge in [0.1, 0.15) is 5.01 Å². The van der Waals surface area contributed by atoms with Gasteiger partial charge in [-0.15, -0.1) is 11.3 Å². The van der Waals surface area contributed by atoms with E-state index in [1.165, 1.54) is 0 Å². The predicted octanol–water partition coefficient (Wildman–Crippen LogP) is 4.69. The van der Waals surface area contributed by atoms with Crippen LogP contribution in [0.5, 0.6) is 0 Å². The number of pyridine rings is 1. The molecule has 0 saturated carbocycles. The molecule has 0 bridgehead atoms. The maximum Gasteiger partial charge on any atom is 0.228 e. The van der Waals surface area contributed by atoms with Gasteiger partial charge in [0.15, 0.2) is 0 Å². The van der Waals surface area contributed by atoms with Crippen molar-refractivity contribution < 1.29 is 4.79 Å². The lowest BCUT2D eigenvalue weighted by Crippen LogP contribution is -2.63. The van der Waals surface area contributed by atoms with Crippen LogP contribution in [0.4, 0.5) is 0 Å². The Morgan fingerprint density at radius 3 is 2.59 bits per heavy atom. The number of carbonyl (C=O) groups excluding carboxylic acids is 1. The molecule has 1 N–H and O–H groups in total. The van der Waals surface area contributed by atoms with Gasteiger partial charge in [0.05, 0.1) is 17.8 Å². The van der Waals surface area contributed by atoms with Crippen LogP contribution in [0.1, 0.15) is 66.0 Å². The first-order valence-electron chi connectivity index (χ1n) is 10.6. The van der Waals surface area contributed by atoms with Crippen molar-refractivity contribution in [3.63, 3.8) is 0 Å². The molecule has 5 nitrogen and oxygen atoms in total. The van der Waals surface area contributed by atoms with Gasteiger partial charge < -0.3 is 10.2 Å². The van der Waals surface area contributed by atoms with E-state index < -0.39 is 0 Å². The van der Waals surface area contributed by atoms with Crippen LogP contribution in [0.25, 0.3) is 10.7 Å². The van der Waals surface area contributed by atoms with Crippen molar-refractivity contribution in [3.8, 4) is 10.7 Å². The van der Waals surface area contributed by atoms with Crippen molar-refractivity contribution in [2.75, 3.05) is 6.54 Å². The maximum absolute atomic E-state index is 13.3. The monoisotopic (exact) mass is 414 g/mol. The number of nitrogens with one attached hydrogen (secondary N) is 1. The summed E-state index contributed by atoms with van der Waals surface area (Å²) in [5.41, 5.74) is 1.74. The van der Waals surface area contributed by atoms with Gasteiger partial charge in [-0.3, -0.25) is 9.78 Å². The number of thiazole rings is 1. The molecule has 3 heterocycles. The van der Waals surface area contributed by atoms with Gasteiger partial charge in [0, 0.05) is 35.2 Å². The van der Waals surface area contributed by atoms with Crippen molar-refractivity contribution in [1.82, 2.24) is 20.2 Å². The van der Waals surface area contributed by atoms with E-state index >= 15 is 0 Å². The molecule has 6 heteroatoms. The predicted molar refractivity (Wildman–Crippen MR) is 120 cm³/mol. The molecular formula is C23H34N4OS. The summed E-state index contributed by atoms with van der Waals surface area (Å²) < 4.78 is 0. The molecule has 1 aliphatic heterocycles. The highest BCUT2D eigenvalue weighted by Gasteiger charge is 2.41. The Morgan fingerprint density at radius 1 is 1.24 bits per heavy atom. The van der Waals surface area contributed by atoms with Gasteiger partial charge in [0.2, 0.25) is 5.91 Å². The van der Waals surface area contributed by atoms with Gasteiger partial charge in [-0.05, 0) is 59.1 Å². The molecule has 158 valence electrons. The average Bonchev–Trinajstić information content (AvgIpc) is 3.08. The van der Waals surface area contributed by atoms with Crippen LogP contribution in [0, 0.1) is 0 Å². The third-order valence-corrected chi connectivity index (χ3v) is 6.36. The molecule has 1 amide bonds. The molecular weight excluding hydrogens is 380 g/mol. The van der Waals surface area contributed by atoms with Crippen molar-refractivity contribution >= 4 is 17.2 Å². The molecule has 1 aliphatic rings. The largest absolute Gasteiger partial charge is 0.339 e. The van der Waals surface area contributed by atoms with E-state index in [2.05, 4.69) is 54.8 Å². The minimum atomic E-state index is 0.0178. The second-order valence-corrected chi connectivity index (χ2v) is 10.3. The van der Waals surface area contributed by atoms with Crippen LogP contribution in [0.15, 0.2) is 29.8 Å². The normalized spacial score (nSPS) is 18.5. The Balaban J connectivity index is 1.75. The minimum Gasteiger partial charge on any atom is -0.339 e. The first-order valence-corrected chi connectivity index (χ1v) is 11.5. The van der Waals surface area contributed by atoms with Gasteiger partial charge in [-0.25, -0.2) is 4.98 Å². The molecule has 0 spiro atoms. The molecule has 29 heavy (non-hydrogen) atoms. The third kappa shape index (κ3) is 5.86. The van der Waals surface area contributed by atoms with Crippen LogP contribution >= 0.6 is 11.3 Å². The van der Waals surface area contributed by atoms with E-state index in [4.69, 9.17) is 0 Å². The first kappa shape index (κ1) is 21.9. The van der Waals surface area contributed by atoms with E-state index in [1.54, 1.807) is 17.5 Å². The zero-order valence-electron chi connectivity index (χ0n) is 18.4. The quantitative estimate of drug-likeness (QED) is 0.714. The standard InChI is InChI=1S/C23H34N4OS/c1-6-7-12-27(18-14-22(2,3)26-23(4,5)15-18)20(28)13-17-16-29-21(25-17)19-10-8-9-11-24-19/h8-11,16,18,26H,6-7,12-15H2,1-5H3. The Bertz CT molecular complexity index is 799. The lowest BCUT2D eigenvalue weighted by molar-refractivity contribution is -0.134. The summed E-state index contributed by atoms with van der Waals surface area (Å²) in [6.45, 7) is 12.0. The van der Waals surface area contributed by atoms with Gasteiger partial charge in [-0.1, -0.05) is 19.4 Å². The summed E-state index contributed by atoms with van der Waals surface area (Å²) in [6, 6.07) is 6.07. The number of carbonyl (C=O) groups is 1. The van der Waals surface area contributed by atoms with Crippen molar-refractivity contribution in [3.05, 3.63) is 35.5 Å². The minimum absolute atomic E-state index is 0.0178. The van der Waals surface area contributed by atoms with E-state index in [0.29, 0.717) is 6.42 Å². The zero-order chi connectivity index (χ0) is 21.1. The smallest absolute Gasteiger partial charge is 0.228 e. The fraction of sp³-hybridized carbons (Fsp3) is 0.609. The topological polar surface area (TPSA) is 58.1 Å². The summed E-state index contributed by atoms with van der Waals surface area (Å²) in [5, 5.41) is 6.60. The Hall–Kier alpha value is -1.79. The molecule has 0 unspecified atom stereocenters. The molecule has 0 aliphatic carbocycles. The zero-order valence-corrected chi connectivity index (χ0v) is 19.2. The second-order valence-electron chi connectivity index (χ2n) is 9.43. The molecule has 3 rings (SSSR count). The fourth-order valence-corrected chi connectivity index (χ4v) is 5.37. The molecule has 1 fully saturated rings. The number of hydrogen-bond donors (Lipinski definition) is 1. The third-order valence-electron chi connectivity index (χ3n) is 5.45. The van der Waals surface area contributed by atoms with Gasteiger partial charge >= 0.3 is 0 Å². The highest BCUT2D eigenvalue weighted by molar-refractivity contribution is 7.13. The average molecular weight is 415 g/mol. The summed E-state index contributed by atoms with van der Waals surface area (Å²) in [4.78, 5) is 24.5. The van der Waals surface area contributed by atoms with Crippen LogP contribution in [-0.4, -0.2) is 44.4 Å². The fourth-order valence-electron chi connectivity index (χ4n) is 4.58. The lowest BCUT2D eigenvalue weighted by Gasteiger charge is -2.49. The molecule has 0 radical (unpaired) electrons. The van der Waals surface area contributed by atoms with E-state index in [0.717, 1.165) is 48.6 Å². The van der Waals surface area contributed by atoms with E-state index in [9.17, 15) is 4.79 Å². The molecule has 0 aromatic carbocycles. The highest BCUT2D eigenvalue weighted by atomic mass is 32.1. The maximum atomic E-state index is 13.3. The Kier molecular flexibility index (Phi) is 6.74. The van der Waals surface area contributed by atoms with Gasteiger partial charge in [0.25, 0.3) is 0 Å². The van der Waals surface area contributed by atoms with Crippen molar-refractivity contribution in [2.45, 2.75) is 83.8 Å². The summed E-state index contributed by atoms with van der Waals surface area (Å²) >= 11 is 1.55. The number of piperidine rings is 1. The summed E-state index contributed by atoms with van der Waals surface area (Å²) in [7, 11) is 0. The highest BCUT2D eigenvalue weighted by Crippen LogP contribution is 2.32. The van der Waals surface area contributed by atoms with Crippen LogP contribution in [0.2, 0.25) is 0 Å². The second kappa shape index (κ2) is 8.92. The Labute approximate surface area is 179 Å². The molecule has 2 aromatic heterocycles. The number of hydrogen-bond acceptors (Lipinski definition) is 5. The summed E-state index contributed by atoms with van der Waals surface area (Å²) in [5.74, 6) is 0.190. The van der Waals surface area contributed by atoms with E-state index in [-0.39, 0.29) is 23.0 Å². The number of nitrogens with zero attached hydrogens (tertiary/aromatic N) is 3. The number of aromatic nitrogens is 2. The molecule has 0 atom stereocenters. The first-order chi connectivity index (χ1) is 13.7. The van der Waals surface area contributed by atoms with Gasteiger partial charge in [-0.2, -0.15) is 0 Å². The Morgan fingerprint density at radius 2 is 1.97 bits per heavy atom. The van der Waals surface area contributed by atoms with Crippen molar-refractivity contribution in [2.24, 2.45) is 0 Å². The van der Waals surface area contributed by atoms with E-state index in [1.807, 2.05) is 23.6 Å².